The molecule has 3 aromatic carbocycles. The molecule has 0 unspecified atom stereocenters. The molecule has 0 aromatic heterocycles. The second-order valence-electron chi connectivity index (χ2n) is 8.75. The van der Waals surface area contributed by atoms with Crippen LogP contribution in [0.3, 0.4) is 0 Å². The van der Waals surface area contributed by atoms with Gasteiger partial charge in [0.15, 0.2) is 0 Å². The van der Waals surface area contributed by atoms with Crippen LogP contribution in [0.5, 0.6) is 5.75 Å². The predicted octanol–water partition coefficient (Wildman–Crippen LogP) is 3.36. The van der Waals surface area contributed by atoms with Crippen molar-refractivity contribution in [3.63, 3.8) is 0 Å². The molecule has 0 radical (unpaired) electrons. The normalized spacial score (nSPS) is 26.5. The second-order valence-corrected chi connectivity index (χ2v) is 8.75. The van der Waals surface area contributed by atoms with Gasteiger partial charge >= 0.3 is 5.97 Å². The number of nitrogens with zero attached hydrogens (tertiary/aromatic N) is 1. The van der Waals surface area contributed by atoms with Crippen molar-refractivity contribution in [2.75, 3.05) is 4.90 Å². The highest BCUT2D eigenvalue weighted by Crippen LogP contribution is 2.63. The number of aldehydes is 1. The van der Waals surface area contributed by atoms with Crippen molar-refractivity contribution in [2.45, 2.75) is 18.3 Å². The lowest BCUT2D eigenvalue weighted by Gasteiger charge is -2.51. The smallest absolute Gasteiger partial charge is 0.308 e. The molecule has 33 heavy (non-hydrogen) atoms. The Morgan fingerprint density at radius 2 is 1.55 bits per heavy atom. The molecule has 0 N–H and O–H groups in total. The number of benzene rings is 3. The second kappa shape index (κ2) is 6.72. The molecule has 0 spiro atoms. The van der Waals surface area contributed by atoms with Crippen molar-refractivity contribution < 1.29 is 23.9 Å². The summed E-state index contributed by atoms with van der Waals surface area (Å²) in [6.07, 6.45) is 0.849. The van der Waals surface area contributed by atoms with Crippen LogP contribution in [0.15, 0.2) is 72.8 Å². The van der Waals surface area contributed by atoms with Crippen LogP contribution in [-0.2, 0) is 24.6 Å². The van der Waals surface area contributed by atoms with Crippen LogP contribution < -0.4 is 9.64 Å². The average molecular weight is 437 g/mol. The van der Waals surface area contributed by atoms with Gasteiger partial charge in [0, 0.05) is 18.9 Å². The molecular weight excluding hydrogens is 418 g/mol. The first-order chi connectivity index (χ1) is 16.0. The van der Waals surface area contributed by atoms with Crippen molar-refractivity contribution in [3.05, 3.63) is 95.1 Å². The van der Waals surface area contributed by atoms with Gasteiger partial charge in [-0.3, -0.25) is 14.4 Å². The summed E-state index contributed by atoms with van der Waals surface area (Å²) in [7, 11) is 0. The third-order valence-electron chi connectivity index (χ3n) is 7.21. The number of rotatable bonds is 3. The number of esters is 1. The molecule has 2 amide bonds. The number of ether oxygens (including phenoxy) is 1. The summed E-state index contributed by atoms with van der Waals surface area (Å²) in [6, 6.07) is 21.6. The summed E-state index contributed by atoms with van der Waals surface area (Å²) in [6.45, 7) is 1.29. The quantitative estimate of drug-likeness (QED) is 0.272. The van der Waals surface area contributed by atoms with Crippen LogP contribution in [0.2, 0.25) is 0 Å². The largest absolute Gasteiger partial charge is 0.427 e. The Balaban J connectivity index is 1.57. The Morgan fingerprint density at radius 3 is 2.15 bits per heavy atom. The highest BCUT2D eigenvalue weighted by molar-refractivity contribution is 6.24. The van der Waals surface area contributed by atoms with Gasteiger partial charge in [0.2, 0.25) is 11.8 Å². The summed E-state index contributed by atoms with van der Waals surface area (Å²) in [4.78, 5) is 53.2. The fourth-order valence-electron chi connectivity index (χ4n) is 6.14. The molecule has 6 heteroatoms. The zero-order chi connectivity index (χ0) is 22.9. The molecule has 2 atom stereocenters. The predicted molar refractivity (Wildman–Crippen MR) is 119 cm³/mol. The lowest BCUT2D eigenvalue weighted by Crippen LogP contribution is -2.54. The molecule has 1 fully saturated rings. The molecule has 162 valence electrons. The number of carbonyl (C=O) groups is 4. The molecule has 6 nitrogen and oxygen atoms in total. The van der Waals surface area contributed by atoms with Crippen LogP contribution in [0, 0.1) is 11.8 Å². The topological polar surface area (TPSA) is 80.8 Å². The molecule has 1 aliphatic heterocycles. The molecule has 7 rings (SSSR count). The highest BCUT2D eigenvalue weighted by Gasteiger charge is 2.68. The van der Waals surface area contributed by atoms with Crippen LogP contribution >= 0.6 is 0 Å². The molecule has 4 aliphatic rings. The van der Waals surface area contributed by atoms with E-state index in [4.69, 9.17) is 4.74 Å². The zero-order valence-electron chi connectivity index (χ0n) is 17.7. The van der Waals surface area contributed by atoms with Crippen LogP contribution in [0.1, 0.15) is 35.1 Å². The summed E-state index contributed by atoms with van der Waals surface area (Å²) in [5.41, 5.74) is 2.51. The Kier molecular flexibility index (Phi) is 3.99. The molecule has 1 heterocycles. The molecule has 3 aliphatic carbocycles. The summed E-state index contributed by atoms with van der Waals surface area (Å²) < 4.78 is 5.16. The molecule has 0 saturated carbocycles. The van der Waals surface area contributed by atoms with E-state index < -0.39 is 29.1 Å². The fraction of sp³-hybridized carbons (Fsp3) is 0.185. The first-order valence-electron chi connectivity index (χ1n) is 10.8. The first-order valence-corrected chi connectivity index (χ1v) is 10.8. The lowest BCUT2D eigenvalue weighted by molar-refractivity contribution is -0.132. The standard InChI is InChI=1S/C27H19NO5/c1-15(30)33-17-8-6-7-16(13-17)28-25(31)23-22-18-9-2-4-11-20(18)27(14-29,24(23)26(28)32)21-12-5-3-10-19(21)22/h2-14,22-24H,1H3/t22?,23-,24+,27?/m0/s1. The van der Waals surface area contributed by atoms with Crippen molar-refractivity contribution >= 4 is 29.8 Å². The van der Waals surface area contributed by atoms with Crippen LogP contribution in [0.25, 0.3) is 0 Å². The minimum absolute atomic E-state index is 0.245. The third-order valence-corrected chi connectivity index (χ3v) is 7.21. The summed E-state index contributed by atoms with van der Waals surface area (Å²) in [5.74, 6) is -2.85. The first kappa shape index (κ1) is 19.6. The van der Waals surface area contributed by atoms with E-state index in [-0.39, 0.29) is 17.6 Å². The van der Waals surface area contributed by atoms with E-state index in [0.717, 1.165) is 33.4 Å². The number of anilines is 1. The minimum Gasteiger partial charge on any atom is -0.427 e. The van der Waals surface area contributed by atoms with E-state index in [2.05, 4.69) is 0 Å². The molecular formula is C27H19NO5. The number of carbonyl (C=O) groups excluding carboxylic acids is 4. The lowest BCUT2D eigenvalue weighted by atomic mass is 9.48. The van der Waals surface area contributed by atoms with Crippen molar-refractivity contribution in [3.8, 4) is 5.75 Å². The van der Waals surface area contributed by atoms with Gasteiger partial charge in [-0.05, 0) is 34.4 Å². The monoisotopic (exact) mass is 437 g/mol. The highest BCUT2D eigenvalue weighted by atomic mass is 16.5. The van der Waals surface area contributed by atoms with E-state index in [9.17, 15) is 19.2 Å². The van der Waals surface area contributed by atoms with E-state index in [1.165, 1.54) is 13.0 Å². The maximum absolute atomic E-state index is 13.9. The maximum atomic E-state index is 13.9. The molecule has 3 aromatic rings. The summed E-state index contributed by atoms with van der Waals surface area (Å²) in [5, 5.41) is 0. The van der Waals surface area contributed by atoms with Crippen molar-refractivity contribution in [1.29, 1.82) is 0 Å². The van der Waals surface area contributed by atoms with E-state index >= 15 is 0 Å². The van der Waals surface area contributed by atoms with Crippen LogP contribution in [-0.4, -0.2) is 24.1 Å². The van der Waals surface area contributed by atoms with Crippen LogP contribution in [0.4, 0.5) is 5.69 Å². The molecule has 1 saturated heterocycles. The number of imide groups is 1. The average Bonchev–Trinajstić information content (AvgIpc) is 3.09. The number of hydrogen-bond donors (Lipinski definition) is 0. The van der Waals surface area contributed by atoms with Gasteiger partial charge in [-0.2, -0.15) is 0 Å². The van der Waals surface area contributed by atoms with Gasteiger partial charge in [-0.15, -0.1) is 0 Å². The fourth-order valence-corrected chi connectivity index (χ4v) is 6.14. The summed E-state index contributed by atoms with van der Waals surface area (Å²) >= 11 is 0. The minimum atomic E-state index is -1.23. The van der Waals surface area contributed by atoms with E-state index in [1.807, 2.05) is 48.5 Å². The number of hydrogen-bond acceptors (Lipinski definition) is 5. The van der Waals surface area contributed by atoms with Gasteiger partial charge in [0.05, 0.1) is 22.9 Å². The SMILES string of the molecule is CC(=O)Oc1cccc(N2C(=O)[C@H]3C4c5ccccc5C(C=O)(c5ccccc54)[C@H]3C2=O)c1. The van der Waals surface area contributed by atoms with Gasteiger partial charge in [-0.1, -0.05) is 54.6 Å². The van der Waals surface area contributed by atoms with E-state index in [0.29, 0.717) is 5.69 Å². The molecule has 2 bridgehead atoms. The van der Waals surface area contributed by atoms with Gasteiger partial charge in [0.25, 0.3) is 0 Å². The van der Waals surface area contributed by atoms with Gasteiger partial charge < -0.3 is 9.53 Å². The van der Waals surface area contributed by atoms with E-state index in [1.54, 1.807) is 18.2 Å². The van der Waals surface area contributed by atoms with Gasteiger partial charge in [-0.25, -0.2) is 4.90 Å². The maximum Gasteiger partial charge on any atom is 0.308 e. The Hall–Kier alpha value is -4.06. The third kappa shape index (κ3) is 2.38. The number of amides is 2. The van der Waals surface area contributed by atoms with Gasteiger partial charge in [0.1, 0.15) is 12.0 Å². The van der Waals surface area contributed by atoms with Crippen molar-refractivity contribution in [1.82, 2.24) is 0 Å². The van der Waals surface area contributed by atoms with Crippen molar-refractivity contribution in [2.24, 2.45) is 11.8 Å². The Morgan fingerprint density at radius 1 is 0.909 bits per heavy atom. The Labute approximate surface area is 189 Å². The Bertz CT molecular complexity index is 1330. The zero-order valence-corrected chi connectivity index (χ0v) is 17.7.